The summed E-state index contributed by atoms with van der Waals surface area (Å²) < 4.78 is 0. The van der Waals surface area contributed by atoms with Gasteiger partial charge >= 0.3 is 0 Å². The lowest BCUT2D eigenvalue weighted by Gasteiger charge is -2.20. The van der Waals surface area contributed by atoms with Gasteiger partial charge in [-0.15, -0.1) is 24.0 Å². The van der Waals surface area contributed by atoms with Crippen molar-refractivity contribution in [3.63, 3.8) is 0 Å². The first-order valence-electron chi connectivity index (χ1n) is 5.97. The number of rotatable bonds is 6. The molecular weight excluding hydrogens is 345 g/mol. The second-order valence-corrected chi connectivity index (χ2v) is 6.61. The van der Waals surface area contributed by atoms with Crippen LogP contribution in [0.5, 0.6) is 0 Å². The van der Waals surface area contributed by atoms with Crippen molar-refractivity contribution in [2.24, 2.45) is 16.6 Å². The molecule has 0 bridgehead atoms. The second-order valence-electron chi connectivity index (χ2n) is 5.46. The quantitative estimate of drug-likeness (QED) is 0.326. The van der Waals surface area contributed by atoms with E-state index in [2.05, 4.69) is 44.9 Å². The average molecular weight is 373 g/mol. The third kappa shape index (κ3) is 16.4. The zero-order valence-corrected chi connectivity index (χ0v) is 14.9. The third-order valence-corrected chi connectivity index (χ3v) is 3.16. The second kappa shape index (κ2) is 10.3. The summed E-state index contributed by atoms with van der Waals surface area (Å²) in [5.74, 6) is 3.74. The van der Waals surface area contributed by atoms with Gasteiger partial charge in [0.05, 0.1) is 0 Å². The van der Waals surface area contributed by atoms with Gasteiger partial charge in [-0.1, -0.05) is 13.8 Å². The molecule has 0 saturated carbocycles. The van der Waals surface area contributed by atoms with Crippen molar-refractivity contribution in [1.29, 1.82) is 0 Å². The van der Waals surface area contributed by atoms with E-state index in [4.69, 9.17) is 5.73 Å². The van der Waals surface area contributed by atoms with Crippen molar-refractivity contribution in [3.8, 4) is 0 Å². The van der Waals surface area contributed by atoms with Gasteiger partial charge in [-0.25, -0.2) is 0 Å². The standard InChI is InChI=1S/C12H27N3S.HI/c1-10(2)9-16-8-6-7-14-11(13)15-12(3,4)5;/h10H,6-9H2,1-5H3,(H3,13,14,15);1H. The summed E-state index contributed by atoms with van der Waals surface area (Å²) >= 11 is 2.00. The molecule has 0 rings (SSSR count). The normalized spacial score (nSPS) is 12.5. The lowest BCUT2D eigenvalue weighted by atomic mass is 10.1. The van der Waals surface area contributed by atoms with Gasteiger partial charge in [0, 0.05) is 12.1 Å². The van der Waals surface area contributed by atoms with Gasteiger partial charge in [0.2, 0.25) is 0 Å². The summed E-state index contributed by atoms with van der Waals surface area (Å²) in [4.78, 5) is 4.30. The third-order valence-electron chi connectivity index (χ3n) is 1.68. The van der Waals surface area contributed by atoms with Crippen LogP contribution < -0.4 is 11.1 Å². The first-order chi connectivity index (χ1) is 7.31. The van der Waals surface area contributed by atoms with Gasteiger partial charge in [0.15, 0.2) is 5.96 Å². The molecule has 0 aromatic heterocycles. The highest BCUT2D eigenvalue weighted by Crippen LogP contribution is 2.08. The van der Waals surface area contributed by atoms with Gasteiger partial charge in [0.1, 0.15) is 0 Å². The van der Waals surface area contributed by atoms with E-state index in [1.807, 2.05) is 11.8 Å². The largest absolute Gasteiger partial charge is 0.370 e. The fourth-order valence-electron chi connectivity index (χ4n) is 1.11. The molecule has 104 valence electrons. The molecule has 0 heterocycles. The van der Waals surface area contributed by atoms with Crippen LogP contribution in [0.1, 0.15) is 41.0 Å². The van der Waals surface area contributed by atoms with Crippen LogP contribution in [0.15, 0.2) is 4.99 Å². The maximum Gasteiger partial charge on any atom is 0.188 e. The molecule has 0 aromatic carbocycles. The summed E-state index contributed by atoms with van der Waals surface area (Å²) in [6.07, 6.45) is 1.10. The Morgan fingerprint density at radius 1 is 1.35 bits per heavy atom. The molecule has 3 nitrogen and oxygen atoms in total. The molecule has 17 heavy (non-hydrogen) atoms. The van der Waals surface area contributed by atoms with Crippen molar-refractivity contribution < 1.29 is 0 Å². The maximum absolute atomic E-state index is 5.75. The van der Waals surface area contributed by atoms with Crippen molar-refractivity contribution in [3.05, 3.63) is 0 Å². The number of aliphatic imine (C=N–C) groups is 1. The predicted octanol–water partition coefficient (Wildman–Crippen LogP) is 3.09. The van der Waals surface area contributed by atoms with E-state index in [0.29, 0.717) is 5.96 Å². The summed E-state index contributed by atoms with van der Waals surface area (Å²) in [5.41, 5.74) is 5.75. The molecule has 3 N–H and O–H groups in total. The molecule has 0 spiro atoms. The Balaban J connectivity index is 0. The minimum Gasteiger partial charge on any atom is -0.370 e. The number of halogens is 1. The van der Waals surface area contributed by atoms with Crippen molar-refractivity contribution in [2.45, 2.75) is 46.6 Å². The summed E-state index contributed by atoms with van der Waals surface area (Å²) in [6.45, 7) is 11.5. The van der Waals surface area contributed by atoms with Crippen LogP contribution in [-0.2, 0) is 0 Å². The zero-order valence-electron chi connectivity index (χ0n) is 11.7. The van der Waals surface area contributed by atoms with Crippen LogP contribution in [0, 0.1) is 5.92 Å². The Labute approximate surface area is 128 Å². The number of nitrogens with two attached hydrogens (primary N) is 1. The van der Waals surface area contributed by atoms with Gasteiger partial charge in [-0.3, -0.25) is 4.99 Å². The molecule has 0 saturated heterocycles. The van der Waals surface area contributed by atoms with Crippen molar-refractivity contribution in [1.82, 2.24) is 5.32 Å². The number of hydrogen-bond acceptors (Lipinski definition) is 2. The molecule has 0 aliphatic carbocycles. The zero-order chi connectivity index (χ0) is 12.6. The lowest BCUT2D eigenvalue weighted by molar-refractivity contribution is 0.508. The fraction of sp³-hybridized carbons (Fsp3) is 0.917. The molecule has 0 unspecified atom stereocenters. The summed E-state index contributed by atoms with van der Waals surface area (Å²) in [7, 11) is 0. The molecule has 5 heteroatoms. The SMILES string of the molecule is CC(C)CSCCCN=C(N)NC(C)(C)C.I. The van der Waals surface area contributed by atoms with Crippen molar-refractivity contribution >= 4 is 41.7 Å². The molecule has 0 fully saturated rings. The van der Waals surface area contributed by atoms with E-state index in [-0.39, 0.29) is 29.5 Å². The molecular formula is C12H28IN3S. The highest BCUT2D eigenvalue weighted by Gasteiger charge is 2.09. The molecule has 0 aliphatic rings. The molecule has 0 aliphatic heterocycles. The molecule has 0 amide bonds. The van der Waals surface area contributed by atoms with E-state index in [9.17, 15) is 0 Å². The van der Waals surface area contributed by atoms with E-state index >= 15 is 0 Å². The Morgan fingerprint density at radius 3 is 2.41 bits per heavy atom. The Bertz CT molecular complexity index is 212. The predicted molar refractivity (Wildman–Crippen MR) is 91.6 cm³/mol. The van der Waals surface area contributed by atoms with Crippen LogP contribution in [0.4, 0.5) is 0 Å². The van der Waals surface area contributed by atoms with E-state index in [0.717, 1.165) is 18.9 Å². The first-order valence-corrected chi connectivity index (χ1v) is 7.12. The van der Waals surface area contributed by atoms with Gasteiger partial charge < -0.3 is 11.1 Å². The lowest BCUT2D eigenvalue weighted by Crippen LogP contribution is -2.45. The number of hydrogen-bond donors (Lipinski definition) is 2. The first kappa shape index (κ1) is 19.7. The highest BCUT2D eigenvalue weighted by molar-refractivity contribution is 14.0. The van der Waals surface area contributed by atoms with Crippen LogP contribution in [-0.4, -0.2) is 29.5 Å². The smallest absolute Gasteiger partial charge is 0.188 e. The van der Waals surface area contributed by atoms with Gasteiger partial charge in [0.25, 0.3) is 0 Å². The molecule has 0 atom stereocenters. The van der Waals surface area contributed by atoms with Crippen molar-refractivity contribution in [2.75, 3.05) is 18.1 Å². The summed E-state index contributed by atoms with van der Waals surface area (Å²) in [6, 6.07) is 0. The Hall–Kier alpha value is 0.350. The highest BCUT2D eigenvalue weighted by atomic mass is 127. The maximum atomic E-state index is 5.75. The van der Waals surface area contributed by atoms with E-state index in [1.54, 1.807) is 0 Å². The minimum atomic E-state index is -0.0000238. The van der Waals surface area contributed by atoms with Crippen LogP contribution in [0.3, 0.4) is 0 Å². The van der Waals surface area contributed by atoms with Crippen LogP contribution >= 0.6 is 35.7 Å². The Kier molecular flexibility index (Phi) is 11.9. The average Bonchev–Trinajstić information content (AvgIpc) is 2.07. The summed E-state index contributed by atoms with van der Waals surface area (Å²) in [5, 5.41) is 3.15. The van der Waals surface area contributed by atoms with E-state index in [1.165, 1.54) is 11.5 Å². The van der Waals surface area contributed by atoms with Gasteiger partial charge in [-0.05, 0) is 44.6 Å². The van der Waals surface area contributed by atoms with Crippen LogP contribution in [0.25, 0.3) is 0 Å². The molecule has 0 radical (unpaired) electrons. The van der Waals surface area contributed by atoms with E-state index < -0.39 is 0 Å². The van der Waals surface area contributed by atoms with Gasteiger partial charge in [-0.2, -0.15) is 11.8 Å². The number of nitrogens with one attached hydrogen (secondary N) is 1. The number of nitrogens with zero attached hydrogens (tertiary/aromatic N) is 1. The number of guanidine groups is 1. The van der Waals surface area contributed by atoms with Crippen LogP contribution in [0.2, 0.25) is 0 Å². The number of thioether (sulfide) groups is 1. The minimum absolute atomic E-state index is 0. The monoisotopic (exact) mass is 373 g/mol. The fourth-order valence-corrected chi connectivity index (χ4v) is 2.08. The topological polar surface area (TPSA) is 50.4 Å². The molecule has 0 aromatic rings. The Morgan fingerprint density at radius 2 is 1.94 bits per heavy atom.